The Morgan fingerprint density at radius 2 is 1.71 bits per heavy atom. The first-order valence-corrected chi connectivity index (χ1v) is 7.84. The van der Waals surface area contributed by atoms with Crippen LogP contribution in [0.25, 0.3) is 0 Å². The molecular formula is C19H23N3O2. The zero-order valence-corrected chi connectivity index (χ0v) is 14.3. The number of amidine groups is 1. The van der Waals surface area contributed by atoms with Crippen LogP contribution in [0.4, 0.5) is 0 Å². The van der Waals surface area contributed by atoms with Crippen molar-refractivity contribution in [1.82, 2.24) is 0 Å². The second kappa shape index (κ2) is 8.72. The largest absolute Gasteiger partial charge is 0.489 e. The molecule has 0 saturated heterocycles. The van der Waals surface area contributed by atoms with Crippen molar-refractivity contribution in [1.29, 1.82) is 0 Å². The summed E-state index contributed by atoms with van der Waals surface area (Å²) >= 11 is 0. The molecule has 126 valence electrons. The minimum absolute atomic E-state index is 0.318. The first-order valence-electron chi connectivity index (χ1n) is 7.84. The summed E-state index contributed by atoms with van der Waals surface area (Å²) in [5.41, 5.74) is 9.44. The standard InChI is InChI=1S/C19H23N3O2/c1-4-14-9-6-8-12-17(14)24-13-15-10-5-7-11-16(15)18(22-23-3)19(20)21-2/h5-12H,4,13H2,1-3H3,(H2,20,21). The van der Waals surface area contributed by atoms with Crippen molar-refractivity contribution in [2.75, 3.05) is 14.2 Å². The van der Waals surface area contributed by atoms with E-state index in [4.69, 9.17) is 15.3 Å². The summed E-state index contributed by atoms with van der Waals surface area (Å²) < 4.78 is 6.02. The summed E-state index contributed by atoms with van der Waals surface area (Å²) in [7, 11) is 3.11. The summed E-state index contributed by atoms with van der Waals surface area (Å²) in [5, 5.41) is 4.02. The Bertz CT molecular complexity index is 739. The third kappa shape index (κ3) is 4.13. The molecular weight excluding hydrogens is 302 g/mol. The molecule has 2 rings (SSSR count). The molecule has 2 aromatic rings. The number of ether oxygens (including phenoxy) is 1. The highest BCUT2D eigenvalue weighted by Crippen LogP contribution is 2.21. The van der Waals surface area contributed by atoms with Gasteiger partial charge in [-0.1, -0.05) is 54.5 Å². The van der Waals surface area contributed by atoms with Gasteiger partial charge >= 0.3 is 0 Å². The predicted octanol–water partition coefficient (Wildman–Crippen LogP) is 3.17. The maximum atomic E-state index is 6.02. The van der Waals surface area contributed by atoms with E-state index in [1.807, 2.05) is 42.5 Å². The van der Waals surface area contributed by atoms with E-state index in [1.54, 1.807) is 7.05 Å². The molecule has 0 saturated carbocycles. The van der Waals surface area contributed by atoms with Crippen molar-refractivity contribution < 1.29 is 9.57 Å². The Balaban J connectivity index is 2.30. The number of nitrogens with zero attached hydrogens (tertiary/aromatic N) is 2. The van der Waals surface area contributed by atoms with Crippen molar-refractivity contribution in [2.24, 2.45) is 15.9 Å². The van der Waals surface area contributed by atoms with Crippen molar-refractivity contribution in [2.45, 2.75) is 20.0 Å². The van der Waals surface area contributed by atoms with Crippen LogP contribution in [-0.2, 0) is 17.9 Å². The average molecular weight is 325 g/mol. The fourth-order valence-corrected chi connectivity index (χ4v) is 2.40. The molecule has 2 N–H and O–H groups in total. The molecule has 2 aromatic carbocycles. The van der Waals surface area contributed by atoms with E-state index in [0.29, 0.717) is 18.2 Å². The van der Waals surface area contributed by atoms with Gasteiger partial charge in [-0.2, -0.15) is 0 Å². The number of nitrogens with two attached hydrogens (primary N) is 1. The predicted molar refractivity (Wildman–Crippen MR) is 97.7 cm³/mol. The molecule has 0 atom stereocenters. The highest BCUT2D eigenvalue weighted by atomic mass is 16.6. The maximum Gasteiger partial charge on any atom is 0.152 e. The minimum atomic E-state index is 0.318. The van der Waals surface area contributed by atoms with Gasteiger partial charge in [0, 0.05) is 12.6 Å². The lowest BCUT2D eigenvalue weighted by atomic mass is 10.0. The van der Waals surface area contributed by atoms with Gasteiger partial charge < -0.3 is 15.3 Å². The van der Waals surface area contributed by atoms with E-state index in [2.05, 4.69) is 23.1 Å². The van der Waals surface area contributed by atoms with Crippen LogP contribution in [0.15, 0.2) is 58.7 Å². The third-order valence-corrected chi connectivity index (χ3v) is 3.68. The number of aryl methyl sites for hydroxylation is 1. The van der Waals surface area contributed by atoms with Gasteiger partial charge in [0.15, 0.2) is 5.71 Å². The van der Waals surface area contributed by atoms with Gasteiger partial charge in [-0.3, -0.25) is 4.99 Å². The zero-order valence-electron chi connectivity index (χ0n) is 14.3. The van der Waals surface area contributed by atoms with Gasteiger partial charge in [0.2, 0.25) is 0 Å². The number of rotatable bonds is 7. The van der Waals surface area contributed by atoms with Gasteiger partial charge in [-0.05, 0) is 23.6 Å². The lowest BCUT2D eigenvalue weighted by molar-refractivity contribution is 0.214. The molecule has 0 heterocycles. The van der Waals surface area contributed by atoms with Crippen LogP contribution in [-0.4, -0.2) is 25.7 Å². The maximum absolute atomic E-state index is 6.02. The first-order chi connectivity index (χ1) is 11.7. The second-order valence-corrected chi connectivity index (χ2v) is 5.14. The lowest BCUT2D eigenvalue weighted by Gasteiger charge is -2.14. The molecule has 0 aliphatic carbocycles. The molecule has 0 radical (unpaired) electrons. The van der Waals surface area contributed by atoms with Crippen molar-refractivity contribution in [3.8, 4) is 5.75 Å². The Morgan fingerprint density at radius 3 is 2.38 bits per heavy atom. The number of para-hydroxylation sites is 1. The quantitative estimate of drug-likeness (QED) is 0.483. The van der Waals surface area contributed by atoms with Gasteiger partial charge in [0.05, 0.1) is 0 Å². The van der Waals surface area contributed by atoms with Gasteiger partial charge in [0.1, 0.15) is 25.3 Å². The van der Waals surface area contributed by atoms with E-state index >= 15 is 0 Å². The topological polar surface area (TPSA) is 69.2 Å². The first kappa shape index (κ1) is 17.5. The molecule has 5 nitrogen and oxygen atoms in total. The molecule has 0 fully saturated rings. The fraction of sp³-hybridized carbons (Fsp3) is 0.263. The third-order valence-electron chi connectivity index (χ3n) is 3.68. The van der Waals surface area contributed by atoms with Crippen LogP contribution in [0.2, 0.25) is 0 Å². The van der Waals surface area contributed by atoms with Gasteiger partial charge in [0.25, 0.3) is 0 Å². The number of oxime groups is 1. The minimum Gasteiger partial charge on any atom is -0.489 e. The lowest BCUT2D eigenvalue weighted by Crippen LogP contribution is -2.26. The number of aliphatic imine (C=N–C) groups is 1. The highest BCUT2D eigenvalue weighted by molar-refractivity contribution is 6.47. The van der Waals surface area contributed by atoms with Crippen LogP contribution < -0.4 is 10.5 Å². The van der Waals surface area contributed by atoms with Gasteiger partial charge in [-0.15, -0.1) is 0 Å². The summed E-state index contributed by atoms with van der Waals surface area (Å²) in [6.45, 7) is 2.52. The van der Waals surface area contributed by atoms with Crippen LogP contribution in [0.3, 0.4) is 0 Å². The molecule has 0 aliphatic rings. The van der Waals surface area contributed by atoms with E-state index in [1.165, 1.54) is 12.7 Å². The Kier molecular flexibility index (Phi) is 6.37. The molecule has 0 unspecified atom stereocenters. The smallest absolute Gasteiger partial charge is 0.152 e. The summed E-state index contributed by atoms with van der Waals surface area (Å²) in [5.74, 6) is 1.20. The van der Waals surface area contributed by atoms with Crippen LogP contribution in [0.1, 0.15) is 23.6 Å². The molecule has 5 heteroatoms. The average Bonchev–Trinajstić information content (AvgIpc) is 2.64. The highest BCUT2D eigenvalue weighted by Gasteiger charge is 2.14. The summed E-state index contributed by atoms with van der Waals surface area (Å²) in [6.07, 6.45) is 0.920. The Morgan fingerprint density at radius 1 is 1.04 bits per heavy atom. The molecule has 0 aromatic heterocycles. The number of hydrogen-bond donors (Lipinski definition) is 1. The summed E-state index contributed by atoms with van der Waals surface area (Å²) in [4.78, 5) is 8.94. The van der Waals surface area contributed by atoms with Crippen LogP contribution >= 0.6 is 0 Å². The Labute approximate surface area is 142 Å². The monoisotopic (exact) mass is 325 g/mol. The summed E-state index contributed by atoms with van der Waals surface area (Å²) in [6, 6.07) is 15.8. The normalized spacial score (nSPS) is 12.1. The van der Waals surface area contributed by atoms with E-state index in [-0.39, 0.29) is 0 Å². The molecule has 0 bridgehead atoms. The molecule has 0 amide bonds. The van der Waals surface area contributed by atoms with Crippen LogP contribution in [0, 0.1) is 0 Å². The number of benzene rings is 2. The molecule has 0 aliphatic heterocycles. The molecule has 24 heavy (non-hydrogen) atoms. The van der Waals surface area contributed by atoms with Crippen molar-refractivity contribution in [3.63, 3.8) is 0 Å². The van der Waals surface area contributed by atoms with Gasteiger partial charge in [-0.25, -0.2) is 0 Å². The van der Waals surface area contributed by atoms with E-state index < -0.39 is 0 Å². The van der Waals surface area contributed by atoms with E-state index in [0.717, 1.165) is 23.3 Å². The fourth-order valence-electron chi connectivity index (χ4n) is 2.40. The van der Waals surface area contributed by atoms with Crippen molar-refractivity contribution in [3.05, 3.63) is 65.2 Å². The zero-order chi connectivity index (χ0) is 17.4. The second-order valence-electron chi connectivity index (χ2n) is 5.14. The van der Waals surface area contributed by atoms with Crippen LogP contribution in [0.5, 0.6) is 5.75 Å². The molecule has 0 spiro atoms. The van der Waals surface area contributed by atoms with Crippen molar-refractivity contribution >= 4 is 11.5 Å². The SMILES string of the molecule is CCc1ccccc1OCc1ccccc1C(=NOC)C(N)=NC. The van der Waals surface area contributed by atoms with E-state index in [9.17, 15) is 0 Å². The number of hydrogen-bond acceptors (Lipinski definition) is 4. The Hall–Kier alpha value is -2.82.